The predicted molar refractivity (Wildman–Crippen MR) is 232 cm³/mol. The van der Waals surface area contributed by atoms with Crippen molar-refractivity contribution < 1.29 is 43.2 Å². The van der Waals surface area contributed by atoms with Crippen LogP contribution in [-0.4, -0.2) is 15.9 Å². The van der Waals surface area contributed by atoms with Crippen LogP contribution in [0.15, 0.2) is 96.9 Å². The molecular formula is C51H58F3IrN2O2-. The average molecular weight is 980 g/mol. The molecule has 4 aromatic carbocycles. The summed E-state index contributed by atoms with van der Waals surface area (Å²) in [5.41, 5.74) is 3.81. The molecule has 1 N–H and O–H groups in total. The summed E-state index contributed by atoms with van der Waals surface area (Å²) in [7, 11) is 0. The molecule has 0 unspecified atom stereocenters. The van der Waals surface area contributed by atoms with Crippen molar-refractivity contribution in [2.45, 2.75) is 113 Å². The van der Waals surface area contributed by atoms with Gasteiger partial charge in [0.25, 0.3) is 0 Å². The van der Waals surface area contributed by atoms with Crippen LogP contribution in [0.5, 0.6) is 0 Å². The summed E-state index contributed by atoms with van der Waals surface area (Å²) in [5.74, 6) is 0.547. The van der Waals surface area contributed by atoms with Gasteiger partial charge >= 0.3 is 6.18 Å². The Labute approximate surface area is 363 Å². The molecule has 315 valence electrons. The molecule has 1 aromatic heterocycles. The number of carbonyl (C=O) groups excluding carboxylic acids is 1. The molecular weight excluding hydrogens is 922 g/mol. The van der Waals surface area contributed by atoms with E-state index in [4.69, 9.17) is 0 Å². The molecule has 4 nitrogen and oxygen atoms in total. The Balaban J connectivity index is 0.000000496. The van der Waals surface area contributed by atoms with Crippen LogP contribution < -0.4 is 0 Å². The standard InChI is InChI=1S/C38H34F3N2.C13H24O2.Ir/c1-36(2,3)21-24-11-13-25(14-12-24)26-15-16-31(34(18-26)38(39,40)41)32-20-35(43-23-29(32)22-42)28-17-27-9-7-8-10-30(27)33(19-28)37(4,5)6;1-5-10(6-2)12(14)9-13(15)11(7-3)8-4;/h7-16,18-20,23H,21H2,1-6H3;9-11,14H,5-8H2,1-4H3;/q-1;;/b;12-9-;. The second kappa shape index (κ2) is 20.6. The molecule has 59 heavy (non-hydrogen) atoms. The average Bonchev–Trinajstić information content (AvgIpc) is 3.17. The molecule has 5 aromatic rings. The van der Waals surface area contributed by atoms with Gasteiger partial charge in [0.1, 0.15) is 6.07 Å². The maximum Gasteiger partial charge on any atom is 0.417 e. The fraction of sp³-hybridized carbons (Fsp3) is 0.392. The number of benzene rings is 4. The molecule has 1 heterocycles. The SMILES string of the molecule is CC(C)(C)Cc1ccc(-c2ccc(-c3cc(-c4[c-]c5ccccc5c(C(C)(C)C)c4)ncc3C#N)c(C(F)(F)F)c2)cc1.CCC(CC)C(=O)/C=C(\O)C(CC)CC.[Ir]. The zero-order valence-electron chi connectivity index (χ0n) is 36.1. The summed E-state index contributed by atoms with van der Waals surface area (Å²) < 4.78 is 43.8. The summed E-state index contributed by atoms with van der Waals surface area (Å²) >= 11 is 0. The van der Waals surface area contributed by atoms with Gasteiger partial charge in [-0.05, 0) is 76.8 Å². The van der Waals surface area contributed by atoms with Gasteiger partial charge in [-0.2, -0.15) is 18.4 Å². The molecule has 0 aliphatic heterocycles. The van der Waals surface area contributed by atoms with Gasteiger partial charge in [0.05, 0.1) is 16.9 Å². The van der Waals surface area contributed by atoms with Crippen LogP contribution in [0.4, 0.5) is 13.2 Å². The van der Waals surface area contributed by atoms with Crippen molar-refractivity contribution in [2.75, 3.05) is 0 Å². The first kappa shape index (κ1) is 48.8. The summed E-state index contributed by atoms with van der Waals surface area (Å²) in [4.78, 5) is 16.2. The van der Waals surface area contributed by atoms with Crippen LogP contribution in [0.2, 0.25) is 0 Å². The van der Waals surface area contributed by atoms with E-state index in [2.05, 4.69) is 52.6 Å². The van der Waals surface area contributed by atoms with Crippen LogP contribution in [-0.2, 0) is 42.9 Å². The number of alkyl halides is 3. The molecule has 1 radical (unpaired) electrons. The Bertz CT molecular complexity index is 2270. The Morgan fingerprint density at radius 1 is 0.797 bits per heavy atom. The second-order valence-corrected chi connectivity index (χ2v) is 17.3. The summed E-state index contributed by atoms with van der Waals surface area (Å²) in [6.45, 7) is 20.9. The second-order valence-electron chi connectivity index (χ2n) is 17.3. The number of allylic oxidation sites excluding steroid dienone is 2. The smallest absolute Gasteiger partial charge is 0.417 e. The number of aromatic nitrogens is 1. The number of ketones is 1. The number of nitriles is 1. The molecule has 0 saturated heterocycles. The third kappa shape index (κ3) is 12.7. The van der Waals surface area contributed by atoms with Gasteiger partial charge in [-0.3, -0.25) is 9.78 Å². The summed E-state index contributed by atoms with van der Waals surface area (Å²) in [5, 5.41) is 21.6. The van der Waals surface area contributed by atoms with Crippen LogP contribution in [0.25, 0.3) is 44.3 Å². The molecule has 8 heteroatoms. The molecule has 0 saturated carbocycles. The summed E-state index contributed by atoms with van der Waals surface area (Å²) in [6, 6.07) is 28.9. The quantitative estimate of drug-likeness (QED) is 0.0813. The topological polar surface area (TPSA) is 74.0 Å². The number of carbonyl (C=O) groups is 1. The van der Waals surface area contributed by atoms with Gasteiger partial charge < -0.3 is 5.11 Å². The monoisotopic (exact) mass is 980 g/mol. The number of rotatable bonds is 11. The first-order valence-corrected chi connectivity index (χ1v) is 20.4. The number of aliphatic hydroxyl groups excluding tert-OH is 1. The van der Waals surface area contributed by atoms with E-state index in [0.29, 0.717) is 22.4 Å². The first-order chi connectivity index (χ1) is 27.2. The third-order valence-electron chi connectivity index (χ3n) is 10.6. The van der Waals surface area contributed by atoms with Gasteiger partial charge in [0.2, 0.25) is 0 Å². The van der Waals surface area contributed by atoms with E-state index in [1.54, 1.807) is 12.1 Å². The predicted octanol–water partition coefficient (Wildman–Crippen LogP) is 14.7. The number of hydrogen-bond acceptors (Lipinski definition) is 4. The minimum absolute atomic E-state index is 0. The van der Waals surface area contributed by atoms with Crippen molar-refractivity contribution in [3.05, 3.63) is 125 Å². The molecule has 0 aliphatic carbocycles. The van der Waals surface area contributed by atoms with Crippen molar-refractivity contribution >= 4 is 16.6 Å². The van der Waals surface area contributed by atoms with Gasteiger partial charge in [0.15, 0.2) is 5.78 Å². The van der Waals surface area contributed by atoms with Crippen LogP contribution >= 0.6 is 0 Å². The fourth-order valence-electron chi connectivity index (χ4n) is 7.30. The van der Waals surface area contributed by atoms with E-state index < -0.39 is 11.7 Å². The number of halogens is 3. The molecule has 0 atom stereocenters. The van der Waals surface area contributed by atoms with E-state index in [0.717, 1.165) is 54.0 Å². The Kier molecular flexibility index (Phi) is 17.0. The largest absolute Gasteiger partial charge is 0.512 e. The van der Waals surface area contributed by atoms with E-state index >= 15 is 0 Å². The summed E-state index contributed by atoms with van der Waals surface area (Å²) in [6.07, 6.45) is 2.49. The first-order valence-electron chi connectivity index (χ1n) is 20.4. The van der Waals surface area contributed by atoms with E-state index in [-0.39, 0.29) is 71.0 Å². The van der Waals surface area contributed by atoms with Gasteiger partial charge in [-0.1, -0.05) is 141 Å². The van der Waals surface area contributed by atoms with E-state index in [9.17, 15) is 28.3 Å². The number of aliphatic hydroxyl groups is 1. The number of hydrogen-bond donors (Lipinski definition) is 1. The molecule has 0 fully saturated rings. The zero-order chi connectivity index (χ0) is 43.0. The van der Waals surface area contributed by atoms with Crippen molar-refractivity contribution in [1.29, 1.82) is 5.26 Å². The number of fused-ring (bicyclic) bond motifs is 1. The molecule has 5 rings (SSSR count). The third-order valence-corrected chi connectivity index (χ3v) is 10.6. The molecule has 0 aliphatic rings. The van der Waals surface area contributed by atoms with Gasteiger partial charge in [-0.15, -0.1) is 29.1 Å². The molecule has 0 amide bonds. The Hall–Kier alpha value is -4.57. The van der Waals surface area contributed by atoms with Crippen LogP contribution in [0.3, 0.4) is 0 Å². The minimum Gasteiger partial charge on any atom is -0.512 e. The maximum atomic E-state index is 14.6. The molecule has 0 bridgehead atoms. The van der Waals surface area contributed by atoms with E-state index in [1.807, 2.05) is 88.4 Å². The van der Waals surface area contributed by atoms with Crippen molar-refractivity contribution in [3.8, 4) is 39.6 Å². The van der Waals surface area contributed by atoms with Crippen molar-refractivity contribution in [3.63, 3.8) is 0 Å². The van der Waals surface area contributed by atoms with Crippen LogP contribution in [0, 0.1) is 34.6 Å². The normalized spacial score (nSPS) is 12.2. The minimum atomic E-state index is -4.64. The van der Waals surface area contributed by atoms with Crippen molar-refractivity contribution in [2.24, 2.45) is 17.3 Å². The van der Waals surface area contributed by atoms with E-state index in [1.165, 1.54) is 24.4 Å². The Morgan fingerprint density at radius 3 is 1.93 bits per heavy atom. The Morgan fingerprint density at radius 2 is 1.39 bits per heavy atom. The van der Waals surface area contributed by atoms with Gasteiger partial charge in [0, 0.05) is 49.9 Å². The fourth-order valence-corrected chi connectivity index (χ4v) is 7.30. The number of nitrogens with zero attached hydrogens (tertiary/aromatic N) is 2. The van der Waals surface area contributed by atoms with Gasteiger partial charge in [-0.25, -0.2) is 0 Å². The van der Waals surface area contributed by atoms with Crippen LogP contribution in [0.1, 0.15) is 117 Å². The maximum absolute atomic E-state index is 14.6. The zero-order valence-corrected chi connectivity index (χ0v) is 38.5. The van der Waals surface area contributed by atoms with Crippen molar-refractivity contribution in [1.82, 2.24) is 4.98 Å². The molecule has 0 spiro atoms. The number of pyridine rings is 1.